The van der Waals surface area contributed by atoms with Crippen molar-refractivity contribution in [2.45, 2.75) is 0 Å². The van der Waals surface area contributed by atoms with Gasteiger partial charge in [0.2, 0.25) is 0 Å². The molecule has 1 aromatic rings. The molecular weight excluding hydrogens is 270 g/mol. The molecule has 3 heteroatoms. The lowest BCUT2D eigenvalue weighted by atomic mass is 10.3. The minimum atomic E-state index is 0.869. The second kappa shape index (κ2) is 4.67. The SMILES string of the molecule is BrCC=Cc1ccc(Br)nc1. The minimum Gasteiger partial charge on any atom is -0.249 e. The van der Waals surface area contributed by atoms with E-state index in [2.05, 4.69) is 36.8 Å². The average molecular weight is 277 g/mol. The van der Waals surface area contributed by atoms with Crippen LogP contribution in [0.15, 0.2) is 29.0 Å². The van der Waals surface area contributed by atoms with Crippen LogP contribution < -0.4 is 0 Å². The van der Waals surface area contributed by atoms with Gasteiger partial charge in [0.1, 0.15) is 4.60 Å². The Bertz CT molecular complexity index is 241. The summed E-state index contributed by atoms with van der Waals surface area (Å²) in [4.78, 5) is 4.08. The third kappa shape index (κ3) is 3.16. The lowest BCUT2D eigenvalue weighted by Crippen LogP contribution is -1.76. The van der Waals surface area contributed by atoms with E-state index < -0.39 is 0 Å². The molecule has 0 aliphatic rings. The third-order valence-electron chi connectivity index (χ3n) is 1.15. The van der Waals surface area contributed by atoms with E-state index >= 15 is 0 Å². The highest BCUT2D eigenvalue weighted by Gasteiger charge is 1.86. The zero-order valence-corrected chi connectivity index (χ0v) is 8.97. The third-order valence-corrected chi connectivity index (χ3v) is 1.99. The number of hydrogen-bond acceptors (Lipinski definition) is 1. The van der Waals surface area contributed by atoms with Crippen LogP contribution in [0, 0.1) is 0 Å². The molecule has 0 saturated carbocycles. The lowest BCUT2D eigenvalue weighted by Gasteiger charge is -1.91. The molecule has 11 heavy (non-hydrogen) atoms. The summed E-state index contributed by atoms with van der Waals surface area (Å²) in [7, 11) is 0. The molecule has 0 atom stereocenters. The number of allylic oxidation sites excluding steroid dienone is 1. The highest BCUT2D eigenvalue weighted by atomic mass is 79.9. The number of rotatable bonds is 2. The lowest BCUT2D eigenvalue weighted by molar-refractivity contribution is 1.27. The van der Waals surface area contributed by atoms with E-state index in [1.54, 1.807) is 0 Å². The predicted octanol–water partition coefficient (Wildman–Crippen LogP) is 3.25. The Balaban J connectivity index is 2.73. The van der Waals surface area contributed by atoms with E-state index in [1.807, 2.05) is 30.5 Å². The Morgan fingerprint density at radius 3 is 2.82 bits per heavy atom. The first-order valence-electron chi connectivity index (χ1n) is 3.17. The summed E-state index contributed by atoms with van der Waals surface area (Å²) in [6.07, 6.45) is 5.88. The standard InChI is InChI=1S/C8H7Br2N/c9-5-1-2-7-3-4-8(10)11-6-7/h1-4,6H,5H2. The van der Waals surface area contributed by atoms with Gasteiger partial charge in [-0.25, -0.2) is 4.98 Å². The number of pyridine rings is 1. The summed E-state index contributed by atoms with van der Waals surface area (Å²) in [5.41, 5.74) is 1.12. The molecule has 1 heterocycles. The molecular formula is C8H7Br2N. The van der Waals surface area contributed by atoms with Gasteiger partial charge < -0.3 is 0 Å². The largest absolute Gasteiger partial charge is 0.249 e. The van der Waals surface area contributed by atoms with Crippen LogP contribution in [0.1, 0.15) is 5.56 Å². The molecule has 0 N–H and O–H groups in total. The first-order valence-corrected chi connectivity index (χ1v) is 5.08. The summed E-state index contributed by atoms with van der Waals surface area (Å²) < 4.78 is 0.869. The molecule has 1 nitrogen and oxygen atoms in total. The monoisotopic (exact) mass is 275 g/mol. The van der Waals surface area contributed by atoms with E-state index in [9.17, 15) is 0 Å². The van der Waals surface area contributed by atoms with Crippen molar-refractivity contribution in [1.29, 1.82) is 0 Å². The fourth-order valence-electron chi connectivity index (χ4n) is 0.666. The Morgan fingerprint density at radius 2 is 2.27 bits per heavy atom. The molecule has 0 aromatic carbocycles. The van der Waals surface area contributed by atoms with Crippen LogP contribution in [-0.2, 0) is 0 Å². The van der Waals surface area contributed by atoms with Crippen LogP contribution in [0.3, 0.4) is 0 Å². The van der Waals surface area contributed by atoms with Gasteiger partial charge in [0.15, 0.2) is 0 Å². The van der Waals surface area contributed by atoms with Gasteiger partial charge >= 0.3 is 0 Å². The number of aromatic nitrogens is 1. The summed E-state index contributed by atoms with van der Waals surface area (Å²) in [6, 6.07) is 3.93. The van der Waals surface area contributed by atoms with Crippen molar-refractivity contribution in [3.8, 4) is 0 Å². The second-order valence-corrected chi connectivity index (χ2v) is 3.43. The highest BCUT2D eigenvalue weighted by Crippen LogP contribution is 2.07. The normalized spacial score (nSPS) is 10.7. The van der Waals surface area contributed by atoms with Gasteiger partial charge in [0.25, 0.3) is 0 Å². The van der Waals surface area contributed by atoms with Crippen LogP contribution in [0.5, 0.6) is 0 Å². The van der Waals surface area contributed by atoms with Crippen molar-refractivity contribution in [2.75, 3.05) is 5.33 Å². The van der Waals surface area contributed by atoms with Crippen molar-refractivity contribution in [3.63, 3.8) is 0 Å². The average Bonchev–Trinajstić information content (AvgIpc) is 2.04. The maximum Gasteiger partial charge on any atom is 0.106 e. The summed E-state index contributed by atoms with van der Waals surface area (Å²) in [5.74, 6) is 0. The number of nitrogens with zero attached hydrogens (tertiary/aromatic N) is 1. The van der Waals surface area contributed by atoms with Crippen molar-refractivity contribution in [1.82, 2.24) is 4.98 Å². The van der Waals surface area contributed by atoms with E-state index in [4.69, 9.17) is 0 Å². The summed E-state index contributed by atoms with van der Waals surface area (Å²) in [6.45, 7) is 0. The van der Waals surface area contributed by atoms with Crippen LogP contribution in [0.2, 0.25) is 0 Å². The van der Waals surface area contributed by atoms with Crippen molar-refractivity contribution in [2.24, 2.45) is 0 Å². The molecule has 0 unspecified atom stereocenters. The van der Waals surface area contributed by atoms with Crippen molar-refractivity contribution in [3.05, 3.63) is 34.6 Å². The predicted molar refractivity (Wildman–Crippen MR) is 54.8 cm³/mol. The van der Waals surface area contributed by atoms with E-state index in [1.165, 1.54) is 0 Å². The van der Waals surface area contributed by atoms with Gasteiger partial charge in [-0.3, -0.25) is 0 Å². The second-order valence-electron chi connectivity index (χ2n) is 1.97. The van der Waals surface area contributed by atoms with E-state index in [0.29, 0.717) is 0 Å². The van der Waals surface area contributed by atoms with Gasteiger partial charge in [-0.15, -0.1) is 0 Å². The molecule has 0 fully saturated rings. The summed E-state index contributed by atoms with van der Waals surface area (Å²) >= 11 is 6.57. The molecule has 0 aliphatic carbocycles. The van der Waals surface area contributed by atoms with Crippen LogP contribution >= 0.6 is 31.9 Å². The minimum absolute atomic E-state index is 0.869. The quantitative estimate of drug-likeness (QED) is 0.597. The van der Waals surface area contributed by atoms with Crippen LogP contribution in [-0.4, -0.2) is 10.3 Å². The number of hydrogen-bond donors (Lipinski definition) is 0. The first-order chi connectivity index (χ1) is 5.33. The molecule has 0 aliphatic heterocycles. The van der Waals surface area contributed by atoms with E-state index in [-0.39, 0.29) is 0 Å². The zero-order valence-electron chi connectivity index (χ0n) is 5.80. The highest BCUT2D eigenvalue weighted by molar-refractivity contribution is 9.10. The Morgan fingerprint density at radius 1 is 1.45 bits per heavy atom. The first kappa shape index (κ1) is 8.94. The fraction of sp³-hybridized carbons (Fsp3) is 0.125. The van der Waals surface area contributed by atoms with Crippen LogP contribution in [0.25, 0.3) is 6.08 Å². The van der Waals surface area contributed by atoms with E-state index in [0.717, 1.165) is 15.5 Å². The smallest absolute Gasteiger partial charge is 0.106 e. The molecule has 0 bridgehead atoms. The zero-order chi connectivity index (χ0) is 8.10. The maximum absolute atomic E-state index is 4.08. The van der Waals surface area contributed by atoms with Crippen molar-refractivity contribution < 1.29 is 0 Å². The number of halogens is 2. The van der Waals surface area contributed by atoms with Gasteiger partial charge in [-0.05, 0) is 27.6 Å². The molecule has 0 saturated heterocycles. The fourth-order valence-corrected chi connectivity index (χ4v) is 1.09. The Hall–Kier alpha value is -0.150. The van der Waals surface area contributed by atoms with Crippen LogP contribution in [0.4, 0.5) is 0 Å². The topological polar surface area (TPSA) is 12.9 Å². The Kier molecular flexibility index (Phi) is 3.80. The molecule has 58 valence electrons. The molecule has 1 aromatic heterocycles. The molecule has 1 rings (SSSR count). The molecule has 0 spiro atoms. The number of alkyl halides is 1. The van der Waals surface area contributed by atoms with Gasteiger partial charge in [0, 0.05) is 11.5 Å². The molecule has 0 radical (unpaired) electrons. The maximum atomic E-state index is 4.08. The summed E-state index contributed by atoms with van der Waals surface area (Å²) in [5, 5.41) is 0.878. The van der Waals surface area contributed by atoms with Gasteiger partial charge in [-0.2, -0.15) is 0 Å². The molecule has 0 amide bonds. The van der Waals surface area contributed by atoms with Gasteiger partial charge in [-0.1, -0.05) is 34.1 Å². The van der Waals surface area contributed by atoms with Gasteiger partial charge in [0.05, 0.1) is 0 Å². The Labute approximate surface area is 82.8 Å². The van der Waals surface area contributed by atoms with Crippen molar-refractivity contribution >= 4 is 37.9 Å².